The fourth-order valence-electron chi connectivity index (χ4n) is 2.92. The van der Waals surface area contributed by atoms with Crippen LogP contribution in [0.25, 0.3) is 0 Å². The number of aromatic nitrogens is 1. The van der Waals surface area contributed by atoms with Crippen LogP contribution in [-0.2, 0) is 6.54 Å². The molecule has 1 aliphatic rings. The van der Waals surface area contributed by atoms with Crippen LogP contribution in [0.2, 0.25) is 0 Å². The molecule has 19 heavy (non-hydrogen) atoms. The number of hydrogen-bond donors (Lipinski definition) is 2. The van der Waals surface area contributed by atoms with Crippen molar-refractivity contribution < 1.29 is 0 Å². The van der Waals surface area contributed by atoms with Crippen LogP contribution in [0.15, 0.2) is 18.3 Å². The summed E-state index contributed by atoms with van der Waals surface area (Å²) in [6.45, 7) is 5.65. The third-order valence-electron chi connectivity index (χ3n) is 4.38. The standard InChI is InChI=1S/C15H26N4/c1-15(2)8-6-13(7-9-15)19(3)11-12-5-4-10-17-14(12)18-16/h4-5,10,13H,6-9,11,16H2,1-3H3,(H,17,18). The molecule has 2 rings (SSSR count). The molecule has 0 atom stereocenters. The Hall–Kier alpha value is -1.13. The van der Waals surface area contributed by atoms with E-state index in [1.807, 2.05) is 6.07 Å². The van der Waals surface area contributed by atoms with Crippen molar-refractivity contribution in [3.8, 4) is 0 Å². The summed E-state index contributed by atoms with van der Waals surface area (Å²) in [5.41, 5.74) is 4.37. The molecule has 1 aromatic heterocycles. The van der Waals surface area contributed by atoms with Gasteiger partial charge in [-0.1, -0.05) is 19.9 Å². The Morgan fingerprint density at radius 3 is 2.74 bits per heavy atom. The van der Waals surface area contributed by atoms with Gasteiger partial charge in [-0.05, 0) is 44.2 Å². The number of nitrogens with one attached hydrogen (secondary N) is 1. The van der Waals surface area contributed by atoms with E-state index in [1.54, 1.807) is 6.20 Å². The topological polar surface area (TPSA) is 54.2 Å². The molecule has 0 aromatic carbocycles. The molecule has 0 bridgehead atoms. The quantitative estimate of drug-likeness (QED) is 0.647. The maximum atomic E-state index is 5.51. The molecule has 0 radical (unpaired) electrons. The fourth-order valence-corrected chi connectivity index (χ4v) is 2.92. The molecule has 3 N–H and O–H groups in total. The number of nitrogen functional groups attached to an aromatic ring is 1. The van der Waals surface area contributed by atoms with E-state index in [0.717, 1.165) is 17.9 Å². The van der Waals surface area contributed by atoms with Crippen molar-refractivity contribution in [2.24, 2.45) is 11.3 Å². The van der Waals surface area contributed by atoms with Crippen LogP contribution in [0.3, 0.4) is 0 Å². The second-order valence-corrected chi connectivity index (χ2v) is 6.47. The number of rotatable bonds is 4. The Morgan fingerprint density at radius 2 is 2.11 bits per heavy atom. The summed E-state index contributed by atoms with van der Waals surface area (Å²) in [5, 5.41) is 0. The lowest BCUT2D eigenvalue weighted by Crippen LogP contribution is -2.37. The first-order valence-electron chi connectivity index (χ1n) is 7.12. The molecule has 0 spiro atoms. The molecule has 1 saturated carbocycles. The van der Waals surface area contributed by atoms with Crippen molar-refractivity contribution in [1.82, 2.24) is 9.88 Å². The fraction of sp³-hybridized carbons (Fsp3) is 0.667. The number of nitrogens with zero attached hydrogens (tertiary/aromatic N) is 2. The van der Waals surface area contributed by atoms with Crippen LogP contribution in [-0.4, -0.2) is 23.0 Å². The van der Waals surface area contributed by atoms with Crippen molar-refractivity contribution in [3.05, 3.63) is 23.9 Å². The van der Waals surface area contributed by atoms with Gasteiger partial charge in [0.2, 0.25) is 0 Å². The lowest BCUT2D eigenvalue weighted by atomic mass is 9.75. The maximum absolute atomic E-state index is 5.51. The third-order valence-corrected chi connectivity index (χ3v) is 4.38. The molecule has 4 heteroatoms. The van der Waals surface area contributed by atoms with E-state index in [2.05, 4.69) is 42.3 Å². The van der Waals surface area contributed by atoms with Gasteiger partial charge in [-0.2, -0.15) is 0 Å². The molecular formula is C15H26N4. The second kappa shape index (κ2) is 5.88. The third kappa shape index (κ3) is 3.67. The Balaban J connectivity index is 1.96. The highest BCUT2D eigenvalue weighted by molar-refractivity contribution is 5.42. The molecule has 0 aliphatic heterocycles. The second-order valence-electron chi connectivity index (χ2n) is 6.47. The van der Waals surface area contributed by atoms with E-state index in [4.69, 9.17) is 5.84 Å². The molecule has 1 heterocycles. The molecule has 0 amide bonds. The van der Waals surface area contributed by atoms with Gasteiger partial charge in [-0.3, -0.25) is 4.90 Å². The summed E-state index contributed by atoms with van der Waals surface area (Å²) >= 11 is 0. The lowest BCUT2D eigenvalue weighted by molar-refractivity contribution is 0.123. The van der Waals surface area contributed by atoms with Gasteiger partial charge in [0.1, 0.15) is 5.82 Å². The molecule has 1 aromatic rings. The number of nitrogens with two attached hydrogens (primary N) is 1. The Labute approximate surface area is 116 Å². The number of hydrogen-bond acceptors (Lipinski definition) is 4. The number of anilines is 1. The Morgan fingerprint density at radius 1 is 1.42 bits per heavy atom. The van der Waals surface area contributed by atoms with Crippen molar-refractivity contribution >= 4 is 5.82 Å². The SMILES string of the molecule is CN(Cc1cccnc1NN)C1CCC(C)(C)CC1. The molecule has 1 aliphatic carbocycles. The predicted molar refractivity (Wildman–Crippen MR) is 79.6 cm³/mol. The van der Waals surface area contributed by atoms with Crippen molar-refractivity contribution in [2.45, 2.75) is 52.1 Å². The van der Waals surface area contributed by atoms with E-state index < -0.39 is 0 Å². The van der Waals surface area contributed by atoms with E-state index in [-0.39, 0.29) is 0 Å². The van der Waals surface area contributed by atoms with E-state index in [1.165, 1.54) is 25.7 Å². The first kappa shape index (κ1) is 14.3. The average molecular weight is 262 g/mol. The van der Waals surface area contributed by atoms with Crippen LogP contribution in [0.1, 0.15) is 45.1 Å². The molecule has 1 fully saturated rings. The maximum Gasteiger partial charge on any atom is 0.144 e. The zero-order valence-electron chi connectivity index (χ0n) is 12.3. The van der Waals surface area contributed by atoms with Gasteiger partial charge < -0.3 is 5.43 Å². The summed E-state index contributed by atoms with van der Waals surface area (Å²) in [6, 6.07) is 4.73. The monoisotopic (exact) mass is 262 g/mol. The molecule has 0 unspecified atom stereocenters. The van der Waals surface area contributed by atoms with Gasteiger partial charge in [-0.15, -0.1) is 0 Å². The molecular weight excluding hydrogens is 236 g/mol. The van der Waals surface area contributed by atoms with Crippen LogP contribution in [0.5, 0.6) is 0 Å². The summed E-state index contributed by atoms with van der Waals surface area (Å²) < 4.78 is 0. The number of pyridine rings is 1. The predicted octanol–water partition coefficient (Wildman–Crippen LogP) is 2.77. The minimum atomic E-state index is 0.523. The molecule has 0 saturated heterocycles. The lowest BCUT2D eigenvalue weighted by Gasteiger charge is -2.38. The minimum absolute atomic E-state index is 0.523. The Bertz CT molecular complexity index is 406. The minimum Gasteiger partial charge on any atom is -0.308 e. The van der Waals surface area contributed by atoms with Crippen LogP contribution in [0.4, 0.5) is 5.82 Å². The van der Waals surface area contributed by atoms with Gasteiger partial charge in [0.05, 0.1) is 0 Å². The van der Waals surface area contributed by atoms with Crippen molar-refractivity contribution in [2.75, 3.05) is 12.5 Å². The molecule has 4 nitrogen and oxygen atoms in total. The summed E-state index contributed by atoms with van der Waals surface area (Å²) in [4.78, 5) is 6.69. The van der Waals surface area contributed by atoms with Gasteiger partial charge in [0.15, 0.2) is 0 Å². The van der Waals surface area contributed by atoms with Gasteiger partial charge in [0.25, 0.3) is 0 Å². The summed E-state index contributed by atoms with van der Waals surface area (Å²) in [6.07, 6.45) is 6.97. The highest BCUT2D eigenvalue weighted by atomic mass is 15.3. The molecule has 106 valence electrons. The van der Waals surface area contributed by atoms with Crippen molar-refractivity contribution in [3.63, 3.8) is 0 Å². The van der Waals surface area contributed by atoms with E-state index >= 15 is 0 Å². The first-order valence-corrected chi connectivity index (χ1v) is 7.12. The normalized spacial score (nSPS) is 19.6. The van der Waals surface area contributed by atoms with Crippen LogP contribution < -0.4 is 11.3 Å². The van der Waals surface area contributed by atoms with Gasteiger partial charge >= 0.3 is 0 Å². The largest absolute Gasteiger partial charge is 0.308 e. The smallest absolute Gasteiger partial charge is 0.144 e. The zero-order chi connectivity index (χ0) is 13.9. The Kier molecular flexibility index (Phi) is 4.42. The highest BCUT2D eigenvalue weighted by Gasteiger charge is 2.28. The van der Waals surface area contributed by atoms with Gasteiger partial charge in [0, 0.05) is 24.3 Å². The first-order chi connectivity index (χ1) is 9.02. The van der Waals surface area contributed by atoms with Gasteiger partial charge in [-0.25, -0.2) is 10.8 Å². The summed E-state index contributed by atoms with van der Waals surface area (Å²) in [7, 11) is 2.20. The van der Waals surface area contributed by atoms with E-state index in [9.17, 15) is 0 Å². The number of hydrazine groups is 1. The van der Waals surface area contributed by atoms with E-state index in [0.29, 0.717) is 11.5 Å². The average Bonchev–Trinajstić information content (AvgIpc) is 2.39. The van der Waals surface area contributed by atoms with Crippen molar-refractivity contribution in [1.29, 1.82) is 0 Å². The summed E-state index contributed by atoms with van der Waals surface area (Å²) in [5.74, 6) is 6.29. The highest BCUT2D eigenvalue weighted by Crippen LogP contribution is 2.37. The van der Waals surface area contributed by atoms with Crippen LogP contribution in [0, 0.1) is 5.41 Å². The van der Waals surface area contributed by atoms with Crippen LogP contribution >= 0.6 is 0 Å². The zero-order valence-corrected chi connectivity index (χ0v) is 12.3.